The minimum absolute atomic E-state index is 0.267. The molecule has 4 nitrogen and oxygen atoms in total. The maximum absolute atomic E-state index is 5.80. The number of hydrogen-bond donors (Lipinski definition) is 2. The molecule has 0 saturated carbocycles. The fourth-order valence-electron chi connectivity index (χ4n) is 2.68. The summed E-state index contributed by atoms with van der Waals surface area (Å²) in [5.74, 6) is 1.13. The lowest BCUT2D eigenvalue weighted by Gasteiger charge is -2.20. The minimum Gasteiger partial charge on any atom is -0.497 e. The van der Waals surface area contributed by atoms with Crippen molar-refractivity contribution in [1.82, 2.24) is 10.2 Å². The summed E-state index contributed by atoms with van der Waals surface area (Å²) >= 11 is 0. The molecule has 0 saturated heterocycles. The van der Waals surface area contributed by atoms with Crippen molar-refractivity contribution in [3.05, 3.63) is 66.5 Å². The molecule has 1 aromatic carbocycles. The van der Waals surface area contributed by atoms with Gasteiger partial charge >= 0.3 is 0 Å². The SMILES string of the molecule is C=C(CCC(=C)C(CCN)c1ccc(OC)cc1)c1cn[nH]c1. The summed E-state index contributed by atoms with van der Waals surface area (Å²) in [6, 6.07) is 8.15. The monoisotopic (exact) mass is 311 g/mol. The molecule has 0 spiro atoms. The highest BCUT2D eigenvalue weighted by Crippen LogP contribution is 2.32. The Morgan fingerprint density at radius 3 is 2.57 bits per heavy atom. The van der Waals surface area contributed by atoms with E-state index in [9.17, 15) is 0 Å². The van der Waals surface area contributed by atoms with E-state index in [0.717, 1.165) is 36.1 Å². The van der Waals surface area contributed by atoms with Crippen LogP contribution in [0.1, 0.15) is 36.3 Å². The average molecular weight is 311 g/mol. The van der Waals surface area contributed by atoms with Crippen LogP contribution < -0.4 is 10.5 Å². The van der Waals surface area contributed by atoms with Gasteiger partial charge in [0.15, 0.2) is 0 Å². The number of aromatic amines is 1. The summed E-state index contributed by atoms with van der Waals surface area (Å²) < 4.78 is 5.22. The third-order valence-electron chi connectivity index (χ3n) is 4.12. The molecule has 4 heteroatoms. The molecule has 1 aromatic heterocycles. The normalized spacial score (nSPS) is 11.9. The maximum Gasteiger partial charge on any atom is 0.118 e. The van der Waals surface area contributed by atoms with E-state index in [4.69, 9.17) is 10.5 Å². The number of nitrogens with one attached hydrogen (secondary N) is 1. The van der Waals surface area contributed by atoms with Gasteiger partial charge in [0.1, 0.15) is 5.75 Å². The standard InChI is InChI=1S/C19H25N3O/c1-14(17-12-21-22-13-17)4-5-15(2)19(10-11-20)16-6-8-18(23-3)9-7-16/h6-9,12-13,19H,1-2,4-5,10-11,20H2,3H3,(H,21,22). The van der Waals surface area contributed by atoms with Crippen molar-refractivity contribution in [2.45, 2.75) is 25.2 Å². The van der Waals surface area contributed by atoms with Crippen LogP contribution in [0, 0.1) is 0 Å². The Morgan fingerprint density at radius 1 is 1.26 bits per heavy atom. The molecular weight excluding hydrogens is 286 g/mol. The lowest BCUT2D eigenvalue weighted by atomic mass is 9.86. The number of ether oxygens (including phenoxy) is 1. The van der Waals surface area contributed by atoms with Gasteiger partial charge in [-0.2, -0.15) is 5.10 Å². The lowest BCUT2D eigenvalue weighted by Crippen LogP contribution is -2.09. The summed E-state index contributed by atoms with van der Waals surface area (Å²) in [5, 5.41) is 6.78. The quantitative estimate of drug-likeness (QED) is 0.690. The average Bonchev–Trinajstić information content (AvgIpc) is 3.12. The Morgan fingerprint density at radius 2 is 2.00 bits per heavy atom. The highest BCUT2D eigenvalue weighted by Gasteiger charge is 2.15. The molecule has 2 rings (SSSR count). The van der Waals surface area contributed by atoms with Gasteiger partial charge in [-0.3, -0.25) is 5.10 Å². The number of rotatable bonds is 9. The highest BCUT2D eigenvalue weighted by molar-refractivity contribution is 5.62. The Balaban J connectivity index is 2.01. The number of benzene rings is 1. The molecule has 1 atom stereocenters. The summed E-state index contributed by atoms with van der Waals surface area (Å²) in [4.78, 5) is 0. The highest BCUT2D eigenvalue weighted by atomic mass is 16.5. The Hall–Kier alpha value is -2.33. The Bertz CT molecular complexity index is 629. The molecule has 23 heavy (non-hydrogen) atoms. The lowest BCUT2D eigenvalue weighted by molar-refractivity contribution is 0.414. The topological polar surface area (TPSA) is 63.9 Å². The van der Waals surface area contributed by atoms with Crippen LogP contribution >= 0.6 is 0 Å². The third-order valence-corrected chi connectivity index (χ3v) is 4.12. The maximum atomic E-state index is 5.80. The van der Waals surface area contributed by atoms with Crippen LogP contribution in [0.25, 0.3) is 5.57 Å². The smallest absolute Gasteiger partial charge is 0.118 e. The zero-order valence-corrected chi connectivity index (χ0v) is 13.7. The van der Waals surface area contributed by atoms with Crippen LogP contribution in [0.4, 0.5) is 0 Å². The van der Waals surface area contributed by atoms with Crippen LogP contribution in [0.5, 0.6) is 5.75 Å². The van der Waals surface area contributed by atoms with Crippen molar-refractivity contribution in [3.8, 4) is 5.75 Å². The molecule has 0 bridgehead atoms. The molecular formula is C19H25N3O. The number of nitrogens with zero attached hydrogens (tertiary/aromatic N) is 1. The summed E-state index contributed by atoms with van der Waals surface area (Å²) in [5.41, 5.74) is 10.3. The van der Waals surface area contributed by atoms with Crippen molar-refractivity contribution in [3.63, 3.8) is 0 Å². The van der Waals surface area contributed by atoms with Crippen LogP contribution in [0.2, 0.25) is 0 Å². The van der Waals surface area contributed by atoms with Gasteiger partial charge in [0.25, 0.3) is 0 Å². The van der Waals surface area contributed by atoms with Crippen molar-refractivity contribution < 1.29 is 4.74 Å². The second-order valence-corrected chi connectivity index (χ2v) is 5.65. The number of methoxy groups -OCH3 is 1. The number of nitrogens with two attached hydrogens (primary N) is 1. The van der Waals surface area contributed by atoms with Crippen LogP contribution in [0.3, 0.4) is 0 Å². The Kier molecular flexibility index (Phi) is 6.18. The van der Waals surface area contributed by atoms with Gasteiger partial charge in [-0.25, -0.2) is 0 Å². The largest absolute Gasteiger partial charge is 0.497 e. The van der Waals surface area contributed by atoms with E-state index in [1.54, 1.807) is 13.3 Å². The van der Waals surface area contributed by atoms with Crippen molar-refractivity contribution in [2.75, 3.05) is 13.7 Å². The van der Waals surface area contributed by atoms with E-state index >= 15 is 0 Å². The molecule has 1 unspecified atom stereocenters. The van der Waals surface area contributed by atoms with Crippen molar-refractivity contribution in [2.24, 2.45) is 5.73 Å². The van der Waals surface area contributed by atoms with Gasteiger partial charge < -0.3 is 10.5 Å². The van der Waals surface area contributed by atoms with Gasteiger partial charge in [-0.15, -0.1) is 0 Å². The Labute approximate surface area is 138 Å². The summed E-state index contributed by atoms with van der Waals surface area (Å²) in [6.45, 7) is 9.06. The zero-order valence-electron chi connectivity index (χ0n) is 13.7. The second kappa shape index (κ2) is 8.34. The van der Waals surface area contributed by atoms with Gasteiger partial charge in [0, 0.05) is 17.7 Å². The van der Waals surface area contributed by atoms with E-state index in [1.165, 1.54) is 11.1 Å². The van der Waals surface area contributed by atoms with Crippen LogP contribution in [-0.2, 0) is 0 Å². The molecule has 0 amide bonds. The molecule has 2 aromatic rings. The molecule has 0 fully saturated rings. The summed E-state index contributed by atoms with van der Waals surface area (Å²) in [7, 11) is 1.67. The minimum atomic E-state index is 0.267. The molecule has 0 aliphatic heterocycles. The predicted molar refractivity (Wildman–Crippen MR) is 95.4 cm³/mol. The van der Waals surface area contributed by atoms with E-state index in [-0.39, 0.29) is 5.92 Å². The van der Waals surface area contributed by atoms with Gasteiger partial charge in [-0.05, 0) is 49.1 Å². The van der Waals surface area contributed by atoms with Crippen molar-refractivity contribution >= 4 is 5.57 Å². The first-order valence-electron chi connectivity index (χ1n) is 7.84. The molecule has 0 aliphatic rings. The fourth-order valence-corrected chi connectivity index (χ4v) is 2.68. The van der Waals surface area contributed by atoms with Crippen LogP contribution in [0.15, 0.2) is 55.4 Å². The first kappa shape index (κ1) is 17.0. The number of hydrogen-bond acceptors (Lipinski definition) is 3. The van der Waals surface area contributed by atoms with Crippen molar-refractivity contribution in [1.29, 1.82) is 0 Å². The van der Waals surface area contributed by atoms with E-state index in [1.807, 2.05) is 18.3 Å². The molecule has 3 N–H and O–H groups in total. The number of H-pyrrole nitrogens is 1. The van der Waals surface area contributed by atoms with E-state index in [0.29, 0.717) is 6.54 Å². The predicted octanol–water partition coefficient (Wildman–Crippen LogP) is 3.90. The number of allylic oxidation sites excluding steroid dienone is 2. The molecule has 1 heterocycles. The van der Waals surface area contributed by atoms with E-state index < -0.39 is 0 Å². The first-order valence-corrected chi connectivity index (χ1v) is 7.84. The molecule has 122 valence electrons. The first-order chi connectivity index (χ1) is 11.2. The van der Waals surface area contributed by atoms with Gasteiger partial charge in [0.2, 0.25) is 0 Å². The van der Waals surface area contributed by atoms with Crippen LogP contribution in [-0.4, -0.2) is 23.9 Å². The molecule has 0 radical (unpaired) electrons. The zero-order chi connectivity index (χ0) is 16.7. The van der Waals surface area contributed by atoms with E-state index in [2.05, 4.69) is 35.5 Å². The van der Waals surface area contributed by atoms with Gasteiger partial charge in [-0.1, -0.05) is 30.9 Å². The summed E-state index contributed by atoms with van der Waals surface area (Å²) in [6.07, 6.45) is 6.32. The fraction of sp³-hybridized carbons (Fsp3) is 0.316. The van der Waals surface area contributed by atoms with Gasteiger partial charge in [0.05, 0.1) is 13.3 Å². The second-order valence-electron chi connectivity index (χ2n) is 5.65. The number of aromatic nitrogens is 2. The molecule has 0 aliphatic carbocycles. The third kappa shape index (κ3) is 4.57.